The molecule has 0 unspecified atom stereocenters. The number of aromatic nitrogens is 1. The Morgan fingerprint density at radius 2 is 2.11 bits per heavy atom. The van der Waals surface area contributed by atoms with Gasteiger partial charge in [0.25, 0.3) is 0 Å². The summed E-state index contributed by atoms with van der Waals surface area (Å²) in [7, 11) is 0. The summed E-state index contributed by atoms with van der Waals surface area (Å²) in [5.74, 6) is -0.782. The van der Waals surface area contributed by atoms with E-state index in [2.05, 4.69) is 24.0 Å². The monoisotopic (exact) mass is 243 g/mol. The Bertz CT molecular complexity index is 590. The summed E-state index contributed by atoms with van der Waals surface area (Å²) in [6, 6.07) is 8.25. The predicted octanol–water partition coefficient (Wildman–Crippen LogP) is 3.12. The molecule has 0 aliphatic carbocycles. The minimum atomic E-state index is -0.782. The van der Waals surface area contributed by atoms with Crippen molar-refractivity contribution in [2.75, 3.05) is 0 Å². The average Bonchev–Trinajstić information content (AvgIpc) is 2.36. The molecule has 0 fully saturated rings. The lowest BCUT2D eigenvalue weighted by molar-refractivity contribution is -0.136. The molecule has 0 aliphatic rings. The maximum atomic E-state index is 10.6. The van der Waals surface area contributed by atoms with Gasteiger partial charge < -0.3 is 5.11 Å². The van der Waals surface area contributed by atoms with E-state index in [9.17, 15) is 4.79 Å². The van der Waals surface area contributed by atoms with Gasteiger partial charge in [0.2, 0.25) is 0 Å². The third-order valence-corrected chi connectivity index (χ3v) is 3.14. The molecular weight excluding hydrogens is 226 g/mol. The number of hydrogen-bond donors (Lipinski definition) is 1. The largest absolute Gasteiger partial charge is 0.481 e. The van der Waals surface area contributed by atoms with Crippen molar-refractivity contribution in [1.82, 2.24) is 4.98 Å². The number of hydrogen-bond acceptors (Lipinski definition) is 2. The Balaban J connectivity index is 2.40. The van der Waals surface area contributed by atoms with Gasteiger partial charge in [-0.15, -0.1) is 0 Å². The first-order valence-electron chi connectivity index (χ1n) is 6.21. The van der Waals surface area contributed by atoms with Gasteiger partial charge in [-0.05, 0) is 42.7 Å². The van der Waals surface area contributed by atoms with E-state index in [0.717, 1.165) is 28.6 Å². The lowest BCUT2D eigenvalue weighted by atomic mass is 10.0. The van der Waals surface area contributed by atoms with Crippen LogP contribution in [0, 0.1) is 6.92 Å². The predicted molar refractivity (Wildman–Crippen MR) is 71.8 cm³/mol. The molecule has 0 aliphatic heterocycles. The first kappa shape index (κ1) is 12.6. The van der Waals surface area contributed by atoms with Crippen LogP contribution in [0.25, 0.3) is 10.9 Å². The molecule has 0 saturated heterocycles. The fourth-order valence-corrected chi connectivity index (χ4v) is 2.09. The zero-order valence-electron chi connectivity index (χ0n) is 10.7. The van der Waals surface area contributed by atoms with Gasteiger partial charge in [-0.2, -0.15) is 0 Å². The summed E-state index contributed by atoms with van der Waals surface area (Å²) in [6.45, 7) is 4.18. The van der Waals surface area contributed by atoms with E-state index in [1.54, 1.807) is 0 Å². The van der Waals surface area contributed by atoms with Crippen LogP contribution in [0.2, 0.25) is 0 Å². The zero-order valence-corrected chi connectivity index (χ0v) is 10.7. The summed E-state index contributed by atoms with van der Waals surface area (Å²) in [5, 5.41) is 9.86. The number of nitrogens with zero attached hydrogens (tertiary/aromatic N) is 1. The normalized spacial score (nSPS) is 10.8. The van der Waals surface area contributed by atoms with E-state index in [1.165, 1.54) is 5.56 Å². The topological polar surface area (TPSA) is 50.2 Å². The van der Waals surface area contributed by atoms with Crippen LogP contribution in [0.3, 0.4) is 0 Å². The van der Waals surface area contributed by atoms with E-state index in [1.807, 2.05) is 19.1 Å². The second kappa shape index (κ2) is 5.17. The number of carbonyl (C=O) groups is 1. The smallest absolute Gasteiger partial charge is 0.303 e. The van der Waals surface area contributed by atoms with E-state index < -0.39 is 5.97 Å². The second-order valence-corrected chi connectivity index (χ2v) is 4.53. The van der Waals surface area contributed by atoms with Crippen LogP contribution in [0.4, 0.5) is 0 Å². The third kappa shape index (κ3) is 2.67. The van der Waals surface area contributed by atoms with Gasteiger partial charge in [-0.1, -0.05) is 13.0 Å². The fourth-order valence-electron chi connectivity index (χ4n) is 2.09. The van der Waals surface area contributed by atoms with Crippen LogP contribution in [0.1, 0.15) is 30.2 Å². The van der Waals surface area contributed by atoms with Gasteiger partial charge in [0.05, 0.1) is 11.9 Å². The van der Waals surface area contributed by atoms with E-state index in [0.29, 0.717) is 6.42 Å². The number of aliphatic carboxylic acids is 1. The minimum absolute atomic E-state index is 0.130. The summed E-state index contributed by atoms with van der Waals surface area (Å²) < 4.78 is 0. The maximum Gasteiger partial charge on any atom is 0.303 e. The first-order valence-corrected chi connectivity index (χ1v) is 6.21. The van der Waals surface area contributed by atoms with Gasteiger partial charge in [0.15, 0.2) is 0 Å². The average molecular weight is 243 g/mol. The molecule has 94 valence electrons. The Morgan fingerprint density at radius 3 is 2.78 bits per heavy atom. The SMILES string of the molecule is CCc1ccc2nc(CCC(=O)O)cc(C)c2c1. The Morgan fingerprint density at radius 1 is 1.33 bits per heavy atom. The molecule has 1 N–H and O–H groups in total. The molecule has 0 radical (unpaired) electrons. The number of pyridine rings is 1. The minimum Gasteiger partial charge on any atom is -0.481 e. The Hall–Kier alpha value is -1.90. The van der Waals surface area contributed by atoms with Crippen LogP contribution in [-0.2, 0) is 17.6 Å². The molecule has 1 heterocycles. The molecule has 3 nitrogen and oxygen atoms in total. The quantitative estimate of drug-likeness (QED) is 0.897. The molecule has 0 amide bonds. The number of carboxylic acids is 1. The van der Waals surface area contributed by atoms with Crippen LogP contribution >= 0.6 is 0 Å². The van der Waals surface area contributed by atoms with Crippen molar-refractivity contribution in [3.05, 3.63) is 41.1 Å². The maximum absolute atomic E-state index is 10.6. The lowest BCUT2D eigenvalue weighted by Crippen LogP contribution is -2.00. The van der Waals surface area contributed by atoms with Crippen LogP contribution in [0.15, 0.2) is 24.3 Å². The molecule has 0 saturated carbocycles. The molecule has 1 aromatic carbocycles. The Labute approximate surface area is 106 Å². The highest BCUT2D eigenvalue weighted by Gasteiger charge is 2.05. The van der Waals surface area contributed by atoms with Crippen LogP contribution in [0.5, 0.6) is 0 Å². The van der Waals surface area contributed by atoms with Gasteiger partial charge >= 0.3 is 5.97 Å². The Kier molecular flexibility index (Phi) is 3.60. The van der Waals surface area contributed by atoms with Crippen molar-refractivity contribution < 1.29 is 9.90 Å². The van der Waals surface area contributed by atoms with Crippen molar-refractivity contribution in [1.29, 1.82) is 0 Å². The molecule has 18 heavy (non-hydrogen) atoms. The van der Waals surface area contributed by atoms with Gasteiger partial charge in [-0.25, -0.2) is 0 Å². The van der Waals surface area contributed by atoms with E-state index in [4.69, 9.17) is 5.11 Å². The lowest BCUT2D eigenvalue weighted by Gasteiger charge is -2.07. The van der Waals surface area contributed by atoms with Gasteiger partial charge in [0.1, 0.15) is 0 Å². The van der Waals surface area contributed by atoms with E-state index in [-0.39, 0.29) is 6.42 Å². The molecule has 0 spiro atoms. The number of benzene rings is 1. The molecule has 0 bridgehead atoms. The van der Waals surface area contributed by atoms with Gasteiger partial charge in [-0.3, -0.25) is 9.78 Å². The number of fused-ring (bicyclic) bond motifs is 1. The number of aryl methyl sites for hydroxylation is 3. The zero-order chi connectivity index (χ0) is 13.1. The summed E-state index contributed by atoms with van der Waals surface area (Å²) in [6.07, 6.45) is 1.63. The standard InChI is InChI=1S/C15H17NO2/c1-3-11-4-6-14-13(9-11)10(2)8-12(16-14)5-7-15(17)18/h4,6,8-9H,3,5,7H2,1-2H3,(H,17,18). The van der Waals surface area contributed by atoms with Crippen molar-refractivity contribution in [2.45, 2.75) is 33.1 Å². The fraction of sp³-hybridized carbons (Fsp3) is 0.333. The van der Waals surface area contributed by atoms with Crippen LogP contribution < -0.4 is 0 Å². The highest BCUT2D eigenvalue weighted by Crippen LogP contribution is 2.20. The highest BCUT2D eigenvalue weighted by atomic mass is 16.4. The third-order valence-electron chi connectivity index (χ3n) is 3.14. The summed E-state index contributed by atoms with van der Waals surface area (Å²) >= 11 is 0. The second-order valence-electron chi connectivity index (χ2n) is 4.53. The molecule has 2 aromatic rings. The van der Waals surface area contributed by atoms with E-state index >= 15 is 0 Å². The summed E-state index contributed by atoms with van der Waals surface area (Å²) in [4.78, 5) is 15.1. The number of carboxylic acid groups (broad SMARTS) is 1. The molecule has 2 rings (SSSR count). The van der Waals surface area contributed by atoms with Gasteiger partial charge in [0, 0.05) is 17.5 Å². The van der Waals surface area contributed by atoms with Crippen molar-refractivity contribution in [3.63, 3.8) is 0 Å². The molecule has 1 aromatic heterocycles. The molecular formula is C15H17NO2. The number of rotatable bonds is 4. The highest BCUT2D eigenvalue weighted by molar-refractivity contribution is 5.83. The van der Waals surface area contributed by atoms with Crippen molar-refractivity contribution >= 4 is 16.9 Å². The molecule has 3 heteroatoms. The van der Waals surface area contributed by atoms with Crippen molar-refractivity contribution in [2.24, 2.45) is 0 Å². The summed E-state index contributed by atoms with van der Waals surface area (Å²) in [5.41, 5.74) is 4.26. The molecule has 0 atom stereocenters. The first-order chi connectivity index (χ1) is 8.60. The van der Waals surface area contributed by atoms with Crippen LogP contribution in [-0.4, -0.2) is 16.1 Å². The van der Waals surface area contributed by atoms with Crippen molar-refractivity contribution in [3.8, 4) is 0 Å².